The van der Waals surface area contributed by atoms with Crippen LogP contribution in [-0.4, -0.2) is 26.2 Å². The Balaban J connectivity index is 1.68. The lowest BCUT2D eigenvalue weighted by atomic mass is 10.2. The molecule has 0 amide bonds. The molecular weight excluding hydrogens is 306 g/mol. The van der Waals surface area contributed by atoms with Crippen LogP contribution in [0.2, 0.25) is 0 Å². The standard InChI is InChI=1S/C15H10F2N4O2/c16-13-3-1-2-11(14(13)17)8-23-15(22)10-4-6-12(7-5-10)21-9-18-19-20-21/h1-7,9H,8H2. The van der Waals surface area contributed by atoms with E-state index >= 15 is 0 Å². The molecule has 0 radical (unpaired) electrons. The molecule has 0 bridgehead atoms. The zero-order chi connectivity index (χ0) is 16.2. The number of halogens is 2. The highest BCUT2D eigenvalue weighted by Gasteiger charge is 2.12. The first-order valence-corrected chi connectivity index (χ1v) is 6.58. The van der Waals surface area contributed by atoms with Crippen molar-refractivity contribution in [1.29, 1.82) is 0 Å². The summed E-state index contributed by atoms with van der Waals surface area (Å²) in [4.78, 5) is 11.9. The average Bonchev–Trinajstić information content (AvgIpc) is 3.10. The van der Waals surface area contributed by atoms with Crippen molar-refractivity contribution in [2.45, 2.75) is 6.61 Å². The van der Waals surface area contributed by atoms with Crippen molar-refractivity contribution < 1.29 is 18.3 Å². The number of rotatable bonds is 4. The van der Waals surface area contributed by atoms with Gasteiger partial charge in [0.15, 0.2) is 11.6 Å². The van der Waals surface area contributed by atoms with Crippen LogP contribution in [0.15, 0.2) is 48.8 Å². The SMILES string of the molecule is O=C(OCc1cccc(F)c1F)c1ccc(-n2cnnn2)cc1. The number of esters is 1. The summed E-state index contributed by atoms with van der Waals surface area (Å²) in [5.74, 6) is -2.64. The van der Waals surface area contributed by atoms with E-state index in [2.05, 4.69) is 15.5 Å². The van der Waals surface area contributed by atoms with Gasteiger partial charge in [0.1, 0.15) is 12.9 Å². The van der Waals surface area contributed by atoms with Crippen LogP contribution in [0, 0.1) is 11.6 Å². The van der Waals surface area contributed by atoms with Crippen LogP contribution in [0.3, 0.4) is 0 Å². The molecule has 6 nitrogen and oxygen atoms in total. The molecule has 3 aromatic rings. The number of nitrogens with zero attached hydrogens (tertiary/aromatic N) is 4. The first-order chi connectivity index (χ1) is 11.1. The van der Waals surface area contributed by atoms with Crippen molar-refractivity contribution in [3.8, 4) is 5.69 Å². The third kappa shape index (κ3) is 3.20. The zero-order valence-electron chi connectivity index (χ0n) is 11.7. The molecule has 23 heavy (non-hydrogen) atoms. The van der Waals surface area contributed by atoms with Crippen LogP contribution in [0.4, 0.5) is 8.78 Å². The first kappa shape index (κ1) is 14.8. The fraction of sp³-hybridized carbons (Fsp3) is 0.0667. The highest BCUT2D eigenvalue weighted by molar-refractivity contribution is 5.89. The maximum atomic E-state index is 13.5. The smallest absolute Gasteiger partial charge is 0.338 e. The molecule has 0 atom stereocenters. The van der Waals surface area contributed by atoms with Crippen molar-refractivity contribution >= 4 is 5.97 Å². The van der Waals surface area contributed by atoms with E-state index in [0.717, 1.165) is 6.07 Å². The average molecular weight is 316 g/mol. The predicted octanol–water partition coefficient (Wildman–Crippen LogP) is 2.30. The number of hydrogen-bond acceptors (Lipinski definition) is 5. The number of hydrogen-bond donors (Lipinski definition) is 0. The molecule has 0 aliphatic rings. The van der Waals surface area contributed by atoms with E-state index in [1.165, 1.54) is 35.3 Å². The topological polar surface area (TPSA) is 69.9 Å². The van der Waals surface area contributed by atoms with Crippen molar-refractivity contribution in [3.05, 3.63) is 71.6 Å². The number of tetrazole rings is 1. The molecule has 0 spiro atoms. The molecule has 8 heteroatoms. The number of carbonyl (C=O) groups is 1. The second-order valence-electron chi connectivity index (χ2n) is 4.59. The summed E-state index contributed by atoms with van der Waals surface area (Å²) in [7, 11) is 0. The van der Waals surface area contributed by atoms with Gasteiger partial charge >= 0.3 is 5.97 Å². The molecule has 0 saturated carbocycles. The normalized spacial score (nSPS) is 10.5. The molecule has 2 aromatic carbocycles. The quantitative estimate of drug-likeness (QED) is 0.691. The maximum Gasteiger partial charge on any atom is 0.338 e. The van der Waals surface area contributed by atoms with Crippen LogP contribution in [0.1, 0.15) is 15.9 Å². The molecule has 0 fully saturated rings. The van der Waals surface area contributed by atoms with Gasteiger partial charge in [-0.2, -0.15) is 0 Å². The van der Waals surface area contributed by atoms with Crippen molar-refractivity contribution in [2.24, 2.45) is 0 Å². The predicted molar refractivity (Wildman–Crippen MR) is 74.6 cm³/mol. The molecular formula is C15H10F2N4O2. The van der Waals surface area contributed by atoms with Gasteiger partial charge in [0.05, 0.1) is 11.3 Å². The first-order valence-electron chi connectivity index (χ1n) is 6.58. The Bertz CT molecular complexity index is 820. The van der Waals surface area contributed by atoms with Crippen LogP contribution in [-0.2, 0) is 11.3 Å². The highest BCUT2D eigenvalue weighted by Crippen LogP contribution is 2.14. The zero-order valence-corrected chi connectivity index (χ0v) is 11.7. The van der Waals surface area contributed by atoms with Gasteiger partial charge in [-0.25, -0.2) is 18.3 Å². The van der Waals surface area contributed by atoms with Crippen molar-refractivity contribution in [1.82, 2.24) is 20.2 Å². The van der Waals surface area contributed by atoms with Gasteiger partial charge < -0.3 is 4.74 Å². The third-order valence-corrected chi connectivity index (χ3v) is 3.11. The lowest BCUT2D eigenvalue weighted by Gasteiger charge is -2.07. The van der Waals surface area contributed by atoms with Gasteiger partial charge in [-0.1, -0.05) is 12.1 Å². The Hall–Kier alpha value is -3.16. The van der Waals surface area contributed by atoms with Crippen LogP contribution < -0.4 is 0 Å². The number of aromatic nitrogens is 4. The Morgan fingerprint density at radius 1 is 1.13 bits per heavy atom. The second kappa shape index (κ2) is 6.30. The molecule has 3 rings (SSSR count). The van der Waals surface area contributed by atoms with Gasteiger partial charge in [0, 0.05) is 5.56 Å². The van der Waals surface area contributed by atoms with Gasteiger partial charge in [0.25, 0.3) is 0 Å². The minimum Gasteiger partial charge on any atom is -0.457 e. The minimum absolute atomic E-state index is 0.0244. The number of benzene rings is 2. The largest absolute Gasteiger partial charge is 0.457 e. The molecule has 1 heterocycles. The van der Waals surface area contributed by atoms with Crippen molar-refractivity contribution in [3.63, 3.8) is 0 Å². The summed E-state index contributed by atoms with van der Waals surface area (Å²) in [6.45, 7) is -0.350. The Kier molecular flexibility index (Phi) is 4.05. The van der Waals surface area contributed by atoms with Gasteiger partial charge in [-0.05, 0) is 40.8 Å². The molecule has 116 valence electrons. The molecule has 0 saturated heterocycles. The van der Waals surface area contributed by atoms with E-state index < -0.39 is 17.6 Å². The van der Waals surface area contributed by atoms with E-state index in [0.29, 0.717) is 5.69 Å². The van der Waals surface area contributed by atoms with Crippen LogP contribution in [0.25, 0.3) is 5.69 Å². The summed E-state index contributed by atoms with van der Waals surface area (Å²) in [5.41, 5.74) is 0.921. The van der Waals surface area contributed by atoms with Crippen LogP contribution >= 0.6 is 0 Å². The lowest BCUT2D eigenvalue weighted by Crippen LogP contribution is -2.07. The highest BCUT2D eigenvalue weighted by atomic mass is 19.2. The summed E-state index contributed by atoms with van der Waals surface area (Å²) >= 11 is 0. The molecule has 0 aliphatic heterocycles. The maximum absolute atomic E-state index is 13.5. The molecule has 0 unspecified atom stereocenters. The van der Waals surface area contributed by atoms with Crippen LogP contribution in [0.5, 0.6) is 0 Å². The van der Waals surface area contributed by atoms with Gasteiger partial charge in [0.2, 0.25) is 0 Å². The number of carbonyl (C=O) groups excluding carboxylic acids is 1. The molecule has 0 aliphatic carbocycles. The van der Waals surface area contributed by atoms with Gasteiger partial charge in [-0.3, -0.25) is 0 Å². The second-order valence-corrected chi connectivity index (χ2v) is 4.59. The van der Waals surface area contributed by atoms with Crippen molar-refractivity contribution in [2.75, 3.05) is 0 Å². The summed E-state index contributed by atoms with van der Waals surface area (Å²) in [6.07, 6.45) is 1.42. The third-order valence-electron chi connectivity index (χ3n) is 3.11. The van der Waals surface area contributed by atoms with E-state index in [4.69, 9.17) is 4.74 Å². The Labute approximate surface area is 129 Å². The Morgan fingerprint density at radius 3 is 2.61 bits per heavy atom. The van der Waals surface area contributed by atoms with E-state index in [9.17, 15) is 13.6 Å². The fourth-order valence-corrected chi connectivity index (χ4v) is 1.92. The summed E-state index contributed by atoms with van der Waals surface area (Å²) < 4.78 is 33.0. The summed E-state index contributed by atoms with van der Waals surface area (Å²) in [5, 5.41) is 10.7. The molecule has 0 N–H and O–H groups in total. The summed E-state index contributed by atoms with van der Waals surface area (Å²) in [6, 6.07) is 10.0. The monoisotopic (exact) mass is 316 g/mol. The van der Waals surface area contributed by atoms with Gasteiger partial charge in [-0.15, -0.1) is 5.10 Å². The lowest BCUT2D eigenvalue weighted by molar-refractivity contribution is 0.0468. The van der Waals surface area contributed by atoms with E-state index in [1.807, 2.05) is 0 Å². The van der Waals surface area contributed by atoms with E-state index in [-0.39, 0.29) is 17.7 Å². The Morgan fingerprint density at radius 2 is 1.91 bits per heavy atom. The minimum atomic E-state index is -1.02. The molecule has 1 aromatic heterocycles. The van der Waals surface area contributed by atoms with E-state index in [1.54, 1.807) is 12.1 Å². The number of ether oxygens (including phenoxy) is 1. The fourth-order valence-electron chi connectivity index (χ4n) is 1.92.